The van der Waals surface area contributed by atoms with E-state index in [1.807, 2.05) is 44.2 Å². The third kappa shape index (κ3) is 8.67. The minimum Gasteiger partial charge on any atom is -0.496 e. The zero-order valence-electron chi connectivity index (χ0n) is 25.7. The van der Waals surface area contributed by atoms with Crippen LogP contribution in [0.1, 0.15) is 27.0 Å². The number of methoxy groups -OCH3 is 3. The largest absolute Gasteiger partial charge is 0.496 e. The number of hydrogen-bond acceptors (Lipinski definition) is 7. The van der Waals surface area contributed by atoms with Gasteiger partial charge >= 0.3 is 0 Å². The lowest BCUT2D eigenvalue weighted by Crippen LogP contribution is -2.30. The second kappa shape index (κ2) is 15.5. The average Bonchev–Trinajstić information content (AvgIpc) is 3.06. The quantitative estimate of drug-likeness (QED) is 0.122. The summed E-state index contributed by atoms with van der Waals surface area (Å²) in [5.41, 5.74) is 4.30. The summed E-state index contributed by atoms with van der Waals surface area (Å²) < 4.78 is 16.3. The van der Waals surface area contributed by atoms with Crippen molar-refractivity contribution in [3.05, 3.63) is 113 Å². The summed E-state index contributed by atoms with van der Waals surface area (Å²) in [6.07, 6.45) is 1.51. The predicted molar refractivity (Wildman–Crippen MR) is 178 cm³/mol. The van der Waals surface area contributed by atoms with Gasteiger partial charge in [0.05, 0.1) is 27.1 Å². The molecule has 0 saturated heterocycles. The Balaban J connectivity index is 1.50. The maximum absolute atomic E-state index is 13.5. The van der Waals surface area contributed by atoms with E-state index in [4.69, 9.17) is 14.2 Å². The number of aryl methyl sites for hydroxylation is 1. The van der Waals surface area contributed by atoms with Crippen molar-refractivity contribution in [1.29, 1.82) is 0 Å². The van der Waals surface area contributed by atoms with Crippen molar-refractivity contribution in [3.63, 3.8) is 0 Å². The smallest absolute Gasteiger partial charge is 0.272 e. The second-order valence-corrected chi connectivity index (χ2v) is 10.9. The Morgan fingerprint density at radius 2 is 1.42 bits per heavy atom. The zero-order chi connectivity index (χ0) is 32.3. The van der Waals surface area contributed by atoms with Gasteiger partial charge in [0.25, 0.3) is 11.8 Å². The fraction of sp³-hybridized carbons (Fsp3) is 0.171. The van der Waals surface area contributed by atoms with Crippen LogP contribution in [0.2, 0.25) is 0 Å². The minimum atomic E-state index is -0.551. The molecule has 3 N–H and O–H groups in total. The number of hydrogen-bond donors (Lipinski definition) is 3. The van der Waals surface area contributed by atoms with Gasteiger partial charge < -0.3 is 30.2 Å². The first-order valence-corrected chi connectivity index (χ1v) is 15.0. The van der Waals surface area contributed by atoms with Crippen molar-refractivity contribution in [1.82, 2.24) is 5.32 Å². The topological polar surface area (TPSA) is 115 Å². The van der Waals surface area contributed by atoms with Crippen LogP contribution in [0.4, 0.5) is 11.4 Å². The molecule has 0 fully saturated rings. The van der Waals surface area contributed by atoms with Crippen LogP contribution in [-0.4, -0.2) is 44.8 Å². The number of carbonyl (C=O) groups is 3. The molecule has 0 atom stereocenters. The van der Waals surface area contributed by atoms with Crippen molar-refractivity contribution in [3.8, 4) is 17.2 Å². The molecule has 0 aliphatic heterocycles. The molecule has 45 heavy (non-hydrogen) atoms. The molecule has 232 valence electrons. The van der Waals surface area contributed by atoms with Gasteiger partial charge in [-0.05, 0) is 79.6 Å². The number of rotatable bonds is 12. The molecule has 4 aromatic carbocycles. The van der Waals surface area contributed by atoms with Crippen LogP contribution in [0, 0.1) is 13.8 Å². The van der Waals surface area contributed by atoms with Gasteiger partial charge in [-0.3, -0.25) is 14.4 Å². The van der Waals surface area contributed by atoms with Gasteiger partial charge in [-0.15, -0.1) is 11.8 Å². The minimum absolute atomic E-state index is 0.0177. The molecule has 0 spiro atoms. The van der Waals surface area contributed by atoms with Crippen molar-refractivity contribution in [2.75, 3.05) is 37.7 Å². The highest BCUT2D eigenvalue weighted by atomic mass is 32.2. The number of carbonyl (C=O) groups excluding carboxylic acids is 3. The van der Waals surface area contributed by atoms with Gasteiger partial charge in [0.2, 0.25) is 5.91 Å². The first-order valence-electron chi connectivity index (χ1n) is 14.0. The van der Waals surface area contributed by atoms with E-state index >= 15 is 0 Å². The summed E-state index contributed by atoms with van der Waals surface area (Å²) in [7, 11) is 4.51. The SMILES string of the molecule is COc1cc(OC)c(OC)cc1/C=C(\NC(=O)c1ccccc1)C(=O)Nc1ccc(SCC(=O)Nc2cccc(C)c2C)cc1. The Kier molecular flexibility index (Phi) is 11.3. The average molecular weight is 626 g/mol. The van der Waals surface area contributed by atoms with E-state index < -0.39 is 11.8 Å². The van der Waals surface area contributed by atoms with E-state index in [2.05, 4.69) is 16.0 Å². The lowest BCUT2D eigenvalue weighted by molar-refractivity contribution is -0.114. The third-order valence-electron chi connectivity index (χ3n) is 6.93. The molecule has 3 amide bonds. The van der Waals surface area contributed by atoms with Gasteiger partial charge in [0, 0.05) is 33.5 Å². The van der Waals surface area contributed by atoms with Crippen molar-refractivity contribution >= 4 is 46.9 Å². The molecule has 0 heterocycles. The molecule has 0 aromatic heterocycles. The molecule has 0 aliphatic carbocycles. The molecule has 0 bridgehead atoms. The van der Waals surface area contributed by atoms with Gasteiger partial charge in [-0.1, -0.05) is 30.3 Å². The van der Waals surface area contributed by atoms with Gasteiger partial charge in [0.1, 0.15) is 11.4 Å². The fourth-order valence-electron chi connectivity index (χ4n) is 4.32. The maximum Gasteiger partial charge on any atom is 0.272 e. The van der Waals surface area contributed by atoms with Gasteiger partial charge in [0.15, 0.2) is 11.5 Å². The molecule has 0 aliphatic rings. The number of ether oxygens (including phenoxy) is 3. The molecule has 9 nitrogen and oxygen atoms in total. The van der Waals surface area contributed by atoms with E-state index in [9.17, 15) is 14.4 Å². The van der Waals surface area contributed by atoms with Crippen molar-refractivity contribution in [2.24, 2.45) is 0 Å². The maximum atomic E-state index is 13.5. The summed E-state index contributed by atoms with van der Waals surface area (Å²) >= 11 is 1.38. The Bertz CT molecular complexity index is 1700. The predicted octanol–water partition coefficient (Wildman–Crippen LogP) is 6.47. The van der Waals surface area contributed by atoms with Crippen LogP contribution < -0.4 is 30.2 Å². The summed E-state index contributed by atoms with van der Waals surface area (Å²) in [4.78, 5) is 40.0. The monoisotopic (exact) mass is 625 g/mol. The van der Waals surface area contributed by atoms with Crippen LogP contribution in [0.25, 0.3) is 6.08 Å². The summed E-state index contributed by atoms with van der Waals surface area (Å²) in [6, 6.07) is 24.8. The van der Waals surface area contributed by atoms with Crippen LogP contribution in [0.3, 0.4) is 0 Å². The molecule has 0 radical (unpaired) electrons. The molecule has 0 saturated carbocycles. The van der Waals surface area contributed by atoms with Crippen LogP contribution in [0.5, 0.6) is 17.2 Å². The zero-order valence-corrected chi connectivity index (χ0v) is 26.5. The Labute approximate surface area is 267 Å². The molecule has 0 unspecified atom stereocenters. The van der Waals surface area contributed by atoms with E-state index in [1.165, 1.54) is 39.2 Å². The van der Waals surface area contributed by atoms with Crippen molar-refractivity contribution in [2.45, 2.75) is 18.7 Å². The number of anilines is 2. The molecular formula is C35H35N3O6S. The third-order valence-corrected chi connectivity index (χ3v) is 7.94. The second-order valence-electron chi connectivity index (χ2n) is 9.89. The van der Waals surface area contributed by atoms with Crippen LogP contribution in [0.15, 0.2) is 95.5 Å². The summed E-state index contributed by atoms with van der Waals surface area (Å²) in [5, 5.41) is 8.52. The standard InChI is InChI=1S/C35H35N3O6S/c1-22-10-9-13-28(23(22)2)37-33(39)21-45-27-16-14-26(15-17-27)36-35(41)29(38-34(40)24-11-7-6-8-12-24)18-25-19-31(43-4)32(44-5)20-30(25)42-3/h6-20H,21H2,1-5H3,(H,36,41)(H,37,39)(H,38,40)/b29-18-. The first-order chi connectivity index (χ1) is 21.7. The number of thioether (sulfide) groups is 1. The molecular weight excluding hydrogens is 590 g/mol. The molecule has 4 aromatic rings. The highest BCUT2D eigenvalue weighted by molar-refractivity contribution is 8.00. The number of amides is 3. The van der Waals surface area contributed by atoms with E-state index in [0.29, 0.717) is 34.1 Å². The van der Waals surface area contributed by atoms with E-state index in [1.54, 1.807) is 54.6 Å². The number of nitrogens with one attached hydrogen (secondary N) is 3. The van der Waals surface area contributed by atoms with Gasteiger partial charge in [-0.25, -0.2) is 0 Å². The lowest BCUT2D eigenvalue weighted by Gasteiger charge is -2.15. The van der Waals surface area contributed by atoms with Gasteiger partial charge in [-0.2, -0.15) is 0 Å². The van der Waals surface area contributed by atoms with E-state index in [0.717, 1.165) is 21.7 Å². The first kappa shape index (κ1) is 32.7. The molecule has 4 rings (SSSR count). The fourth-order valence-corrected chi connectivity index (χ4v) is 5.02. The highest BCUT2D eigenvalue weighted by Crippen LogP contribution is 2.35. The number of benzene rings is 4. The summed E-state index contributed by atoms with van der Waals surface area (Å²) in [5.74, 6) is 0.397. The lowest BCUT2D eigenvalue weighted by atomic mass is 10.1. The van der Waals surface area contributed by atoms with E-state index in [-0.39, 0.29) is 17.4 Å². The van der Waals surface area contributed by atoms with Crippen molar-refractivity contribution < 1.29 is 28.6 Å². The van der Waals surface area contributed by atoms with Crippen LogP contribution >= 0.6 is 11.8 Å². The van der Waals surface area contributed by atoms with Crippen LogP contribution in [-0.2, 0) is 9.59 Å². The Morgan fingerprint density at radius 3 is 2.09 bits per heavy atom. The Hall–Kier alpha value is -5.22. The summed E-state index contributed by atoms with van der Waals surface area (Å²) in [6.45, 7) is 3.98. The molecule has 10 heteroatoms. The highest BCUT2D eigenvalue weighted by Gasteiger charge is 2.18. The Morgan fingerprint density at radius 1 is 0.756 bits per heavy atom. The normalized spacial score (nSPS) is 10.9.